The largest absolute Gasteiger partial charge is 0.462 e. The van der Waals surface area contributed by atoms with Crippen LogP contribution in [-0.4, -0.2) is 23.3 Å². The quantitative estimate of drug-likeness (QED) is 0.709. The Bertz CT molecular complexity index is 342. The summed E-state index contributed by atoms with van der Waals surface area (Å²) in [5.41, 5.74) is 0. The predicted octanol–water partition coefficient (Wildman–Crippen LogP) is 1.59. The van der Waals surface area contributed by atoms with Crippen LogP contribution in [-0.2, 0) is 11.2 Å². The minimum atomic E-state index is -0.569. The highest BCUT2D eigenvalue weighted by Crippen LogP contribution is 2.27. The van der Waals surface area contributed by atoms with Crippen molar-refractivity contribution in [3.05, 3.63) is 11.8 Å². The maximum absolute atomic E-state index is 11.0. The summed E-state index contributed by atoms with van der Waals surface area (Å²) in [7, 11) is 1.29. The molecule has 1 aromatic rings. The van der Waals surface area contributed by atoms with Gasteiger partial charge in [-0.1, -0.05) is 12.8 Å². The average Bonchev–Trinajstić information content (AvgIpc) is 2.88. The number of carbonyl (C=O) groups is 1. The van der Waals surface area contributed by atoms with E-state index in [1.54, 1.807) is 0 Å². The molecule has 5 nitrogen and oxygen atoms in total. The van der Waals surface area contributed by atoms with Crippen molar-refractivity contribution < 1.29 is 13.9 Å². The first-order chi connectivity index (χ1) is 7.29. The molecule has 1 aromatic heterocycles. The Morgan fingerprint density at radius 3 is 2.87 bits per heavy atom. The summed E-state index contributed by atoms with van der Waals surface area (Å²) in [5.74, 6) is 0.559. The molecule has 1 aliphatic carbocycles. The molecule has 1 fully saturated rings. The van der Waals surface area contributed by atoms with Crippen LogP contribution in [0.5, 0.6) is 0 Å². The van der Waals surface area contributed by atoms with Gasteiger partial charge in [0, 0.05) is 6.42 Å². The third kappa shape index (κ3) is 2.34. The molecule has 0 aromatic carbocycles. The molecule has 0 atom stereocenters. The molecule has 1 heterocycles. The number of esters is 1. The lowest BCUT2D eigenvalue weighted by Gasteiger charge is -2.02. The Labute approximate surface area is 87.8 Å². The number of aromatic nitrogens is 2. The Morgan fingerprint density at radius 2 is 2.20 bits per heavy atom. The lowest BCUT2D eigenvalue weighted by Crippen LogP contribution is -2.01. The lowest BCUT2D eigenvalue weighted by molar-refractivity contribution is 0.0553. The van der Waals surface area contributed by atoms with E-state index in [2.05, 4.69) is 14.9 Å². The van der Waals surface area contributed by atoms with Crippen molar-refractivity contribution in [2.24, 2.45) is 5.92 Å². The Hall–Kier alpha value is -1.39. The average molecular weight is 210 g/mol. The fraction of sp³-hybridized carbons (Fsp3) is 0.700. The lowest BCUT2D eigenvalue weighted by atomic mass is 10.0. The van der Waals surface area contributed by atoms with Gasteiger partial charge < -0.3 is 9.15 Å². The van der Waals surface area contributed by atoms with Gasteiger partial charge in [-0.15, -0.1) is 10.2 Å². The van der Waals surface area contributed by atoms with Gasteiger partial charge in [0.1, 0.15) is 0 Å². The maximum atomic E-state index is 11.0. The van der Waals surface area contributed by atoms with Gasteiger partial charge in [0.2, 0.25) is 5.89 Å². The molecule has 82 valence electrons. The number of carbonyl (C=O) groups excluding carboxylic acids is 1. The zero-order chi connectivity index (χ0) is 10.7. The molecule has 0 amide bonds. The van der Waals surface area contributed by atoms with E-state index in [9.17, 15) is 4.79 Å². The van der Waals surface area contributed by atoms with Crippen LogP contribution in [0.1, 0.15) is 42.3 Å². The summed E-state index contributed by atoms with van der Waals surface area (Å²) in [6.45, 7) is 0. The van der Waals surface area contributed by atoms with E-state index in [0.717, 1.165) is 6.42 Å². The third-order valence-electron chi connectivity index (χ3n) is 2.76. The number of nitrogens with zero attached hydrogens (tertiary/aromatic N) is 2. The summed E-state index contributed by atoms with van der Waals surface area (Å²) in [6, 6.07) is 0. The van der Waals surface area contributed by atoms with Crippen LogP contribution < -0.4 is 0 Å². The second kappa shape index (κ2) is 4.42. The van der Waals surface area contributed by atoms with Gasteiger partial charge in [-0.05, 0) is 18.8 Å². The molecule has 2 rings (SSSR count). The molecule has 0 N–H and O–H groups in total. The maximum Gasteiger partial charge on any atom is 0.396 e. The molecule has 0 unspecified atom stereocenters. The van der Waals surface area contributed by atoms with E-state index in [0.29, 0.717) is 11.8 Å². The topological polar surface area (TPSA) is 65.2 Å². The number of ether oxygens (including phenoxy) is 1. The minimum absolute atomic E-state index is 0.0505. The highest BCUT2D eigenvalue weighted by molar-refractivity contribution is 5.83. The molecule has 5 heteroatoms. The fourth-order valence-corrected chi connectivity index (χ4v) is 1.97. The molecule has 1 aliphatic rings. The third-order valence-corrected chi connectivity index (χ3v) is 2.76. The molecule has 1 saturated carbocycles. The van der Waals surface area contributed by atoms with Gasteiger partial charge in [0.25, 0.3) is 0 Å². The second-order valence-electron chi connectivity index (χ2n) is 3.85. The van der Waals surface area contributed by atoms with Crippen LogP contribution in [0.4, 0.5) is 0 Å². The van der Waals surface area contributed by atoms with Crippen molar-refractivity contribution >= 4 is 5.97 Å². The SMILES string of the molecule is COC(=O)c1nnc(CC2CCCC2)o1. The summed E-state index contributed by atoms with van der Waals surface area (Å²) in [6.07, 6.45) is 5.78. The molecule has 15 heavy (non-hydrogen) atoms. The van der Waals surface area contributed by atoms with E-state index in [1.165, 1.54) is 32.8 Å². The van der Waals surface area contributed by atoms with E-state index < -0.39 is 5.97 Å². The van der Waals surface area contributed by atoms with E-state index >= 15 is 0 Å². The first kappa shape index (κ1) is 10.1. The first-order valence-corrected chi connectivity index (χ1v) is 5.20. The highest BCUT2D eigenvalue weighted by atomic mass is 16.5. The molecular weight excluding hydrogens is 196 g/mol. The van der Waals surface area contributed by atoms with Gasteiger partial charge in [0.05, 0.1) is 7.11 Å². The summed E-state index contributed by atoms with van der Waals surface area (Å²) in [5, 5.41) is 7.47. The van der Waals surface area contributed by atoms with Gasteiger partial charge in [-0.25, -0.2) is 4.79 Å². The van der Waals surface area contributed by atoms with Crippen LogP contribution in [0.15, 0.2) is 4.42 Å². The van der Waals surface area contributed by atoms with Gasteiger partial charge in [-0.2, -0.15) is 0 Å². The van der Waals surface area contributed by atoms with Gasteiger partial charge in [-0.3, -0.25) is 0 Å². The molecule has 0 spiro atoms. The standard InChI is InChI=1S/C10H14N2O3/c1-14-10(13)9-12-11-8(15-9)6-7-4-2-3-5-7/h7H,2-6H2,1H3. The van der Waals surface area contributed by atoms with Crippen LogP contribution in [0.25, 0.3) is 0 Å². The number of hydrogen-bond donors (Lipinski definition) is 0. The first-order valence-electron chi connectivity index (χ1n) is 5.20. The minimum Gasteiger partial charge on any atom is -0.462 e. The van der Waals surface area contributed by atoms with Gasteiger partial charge >= 0.3 is 11.9 Å². The molecule has 0 aliphatic heterocycles. The van der Waals surface area contributed by atoms with Crippen LogP contribution >= 0.6 is 0 Å². The van der Waals surface area contributed by atoms with E-state index in [4.69, 9.17) is 4.42 Å². The van der Waals surface area contributed by atoms with Crippen molar-refractivity contribution in [2.75, 3.05) is 7.11 Å². The van der Waals surface area contributed by atoms with Crippen LogP contribution in [0.2, 0.25) is 0 Å². The summed E-state index contributed by atoms with van der Waals surface area (Å²) in [4.78, 5) is 11.0. The second-order valence-corrected chi connectivity index (χ2v) is 3.85. The Morgan fingerprint density at radius 1 is 1.47 bits per heavy atom. The number of hydrogen-bond acceptors (Lipinski definition) is 5. The fourth-order valence-electron chi connectivity index (χ4n) is 1.97. The van der Waals surface area contributed by atoms with Crippen molar-refractivity contribution in [2.45, 2.75) is 32.1 Å². The summed E-state index contributed by atoms with van der Waals surface area (Å²) < 4.78 is 9.69. The predicted molar refractivity (Wildman–Crippen MR) is 51.3 cm³/mol. The smallest absolute Gasteiger partial charge is 0.396 e. The number of rotatable bonds is 3. The molecule has 0 bridgehead atoms. The van der Waals surface area contributed by atoms with Crippen molar-refractivity contribution in [3.63, 3.8) is 0 Å². The van der Waals surface area contributed by atoms with Gasteiger partial charge in [0.15, 0.2) is 0 Å². The van der Waals surface area contributed by atoms with Crippen molar-refractivity contribution in [3.8, 4) is 0 Å². The van der Waals surface area contributed by atoms with Crippen molar-refractivity contribution in [1.82, 2.24) is 10.2 Å². The zero-order valence-electron chi connectivity index (χ0n) is 8.73. The molecule has 0 radical (unpaired) electrons. The number of methoxy groups -OCH3 is 1. The zero-order valence-corrected chi connectivity index (χ0v) is 8.73. The van der Waals surface area contributed by atoms with E-state index in [-0.39, 0.29) is 5.89 Å². The molecule has 0 saturated heterocycles. The summed E-state index contributed by atoms with van der Waals surface area (Å²) >= 11 is 0. The van der Waals surface area contributed by atoms with Crippen LogP contribution in [0.3, 0.4) is 0 Å². The van der Waals surface area contributed by atoms with Crippen LogP contribution in [0, 0.1) is 5.92 Å². The highest BCUT2D eigenvalue weighted by Gasteiger charge is 2.20. The Kier molecular flexibility index (Phi) is 2.99. The Balaban J connectivity index is 1.97. The molecular formula is C10H14N2O3. The normalized spacial score (nSPS) is 16.9. The monoisotopic (exact) mass is 210 g/mol. The van der Waals surface area contributed by atoms with E-state index in [1.807, 2.05) is 0 Å². The van der Waals surface area contributed by atoms with Crippen molar-refractivity contribution in [1.29, 1.82) is 0 Å².